The van der Waals surface area contributed by atoms with Crippen molar-refractivity contribution in [3.8, 4) is 5.75 Å². The van der Waals surface area contributed by atoms with Gasteiger partial charge in [0.2, 0.25) is 0 Å². The van der Waals surface area contributed by atoms with Gasteiger partial charge in [0.1, 0.15) is 11.9 Å². The largest absolute Gasteiger partial charge is 0.462 e. The van der Waals surface area contributed by atoms with Crippen molar-refractivity contribution in [2.75, 3.05) is 0 Å². The second-order valence-corrected chi connectivity index (χ2v) is 9.06. The molecule has 0 saturated heterocycles. The summed E-state index contributed by atoms with van der Waals surface area (Å²) in [6.07, 6.45) is 7.61. The van der Waals surface area contributed by atoms with E-state index >= 15 is 0 Å². The van der Waals surface area contributed by atoms with E-state index in [0.717, 1.165) is 25.7 Å². The van der Waals surface area contributed by atoms with Crippen LogP contribution in [0, 0.1) is 17.3 Å². The molecule has 0 bridgehead atoms. The van der Waals surface area contributed by atoms with Crippen LogP contribution >= 0.6 is 0 Å². The van der Waals surface area contributed by atoms with Gasteiger partial charge in [-0.2, -0.15) is 0 Å². The van der Waals surface area contributed by atoms with Crippen molar-refractivity contribution in [3.05, 3.63) is 29.3 Å². The maximum absolute atomic E-state index is 11.9. The van der Waals surface area contributed by atoms with Crippen molar-refractivity contribution in [2.24, 2.45) is 17.3 Å². The molecule has 0 heterocycles. The third kappa shape index (κ3) is 3.25. The van der Waals surface area contributed by atoms with Gasteiger partial charge in [0.05, 0.1) is 0 Å². The first kappa shape index (κ1) is 19.5. The van der Waals surface area contributed by atoms with Gasteiger partial charge in [-0.25, -0.2) is 0 Å². The summed E-state index contributed by atoms with van der Waals surface area (Å²) in [5, 5.41) is 0. The Morgan fingerprint density at radius 2 is 1.86 bits per heavy atom. The van der Waals surface area contributed by atoms with Crippen LogP contribution < -0.4 is 4.74 Å². The summed E-state index contributed by atoms with van der Waals surface area (Å²) in [5.74, 6) is 2.32. The highest BCUT2D eigenvalue weighted by atomic mass is 16.5. The molecule has 1 aromatic carbocycles. The van der Waals surface area contributed by atoms with E-state index in [0.29, 0.717) is 36.3 Å². The molecule has 28 heavy (non-hydrogen) atoms. The molecule has 3 aliphatic carbocycles. The molecule has 2 saturated carbocycles. The molecule has 0 aromatic heterocycles. The third-order valence-corrected chi connectivity index (χ3v) is 7.69. The fourth-order valence-corrected chi connectivity index (χ4v) is 6.21. The molecule has 4 nitrogen and oxygen atoms in total. The number of carbonyl (C=O) groups excluding carboxylic acids is 2. The number of rotatable bonds is 4. The number of ether oxygens (including phenoxy) is 2. The molecule has 0 radical (unpaired) electrons. The first-order valence-electron chi connectivity index (χ1n) is 11.0. The van der Waals surface area contributed by atoms with Crippen LogP contribution in [0.5, 0.6) is 5.75 Å². The van der Waals surface area contributed by atoms with Gasteiger partial charge in [-0.3, -0.25) is 9.59 Å². The second-order valence-electron chi connectivity index (χ2n) is 9.06. The number of hydrogen-bond acceptors (Lipinski definition) is 4. The number of benzene rings is 1. The zero-order valence-electron chi connectivity index (χ0n) is 17.3. The minimum Gasteiger partial charge on any atom is -0.462 e. The molecule has 1 aromatic rings. The van der Waals surface area contributed by atoms with Crippen molar-refractivity contribution < 1.29 is 19.1 Å². The Morgan fingerprint density at radius 1 is 1.07 bits per heavy atom. The SMILES string of the molecule is CCC(=O)Oc1ccc2c(c1)CC[C@H]1[C@@H]2CC[C@]2(C)[C@@H](OC(=O)CC)CC[C@H]12. The number of hydrogen-bond donors (Lipinski definition) is 0. The molecule has 0 spiro atoms. The minimum atomic E-state index is -0.180. The van der Waals surface area contributed by atoms with Crippen molar-refractivity contribution in [2.45, 2.75) is 84.2 Å². The van der Waals surface area contributed by atoms with Gasteiger partial charge in [0.15, 0.2) is 0 Å². The summed E-state index contributed by atoms with van der Waals surface area (Å²) in [5.41, 5.74) is 2.92. The predicted molar refractivity (Wildman–Crippen MR) is 107 cm³/mol. The summed E-state index contributed by atoms with van der Waals surface area (Å²) >= 11 is 0. The van der Waals surface area contributed by atoms with E-state index < -0.39 is 0 Å². The molecule has 0 unspecified atom stereocenters. The number of carbonyl (C=O) groups is 2. The Labute approximate surface area is 168 Å². The van der Waals surface area contributed by atoms with Crippen LogP contribution in [0.2, 0.25) is 0 Å². The van der Waals surface area contributed by atoms with Crippen LogP contribution in [0.25, 0.3) is 0 Å². The first-order valence-corrected chi connectivity index (χ1v) is 11.0. The monoisotopic (exact) mass is 384 g/mol. The van der Waals surface area contributed by atoms with Gasteiger partial charge in [-0.1, -0.05) is 26.8 Å². The zero-order valence-corrected chi connectivity index (χ0v) is 17.3. The molecule has 5 atom stereocenters. The quantitative estimate of drug-likeness (QED) is 0.530. The first-order chi connectivity index (χ1) is 13.5. The summed E-state index contributed by atoms with van der Waals surface area (Å²) in [6, 6.07) is 6.23. The van der Waals surface area contributed by atoms with Gasteiger partial charge in [-0.15, -0.1) is 0 Å². The molecular formula is C24H32O4. The molecule has 0 N–H and O–H groups in total. The standard InChI is InChI=1S/C24H32O4/c1-4-22(25)27-16-7-9-17-15(14-16)6-8-19-18(17)12-13-24(3)20(19)10-11-21(24)28-23(26)5-2/h7,9,14,18-21H,4-6,8,10-13H2,1-3H3/t18-,19+,20-,21+,24+/m1/s1. The minimum absolute atomic E-state index is 0.0582. The van der Waals surface area contributed by atoms with Crippen LogP contribution in [-0.4, -0.2) is 18.0 Å². The topological polar surface area (TPSA) is 52.6 Å². The lowest BCUT2D eigenvalue weighted by Crippen LogP contribution is -2.45. The zero-order chi connectivity index (χ0) is 19.9. The Bertz CT molecular complexity index is 770. The van der Waals surface area contributed by atoms with Gasteiger partial charge < -0.3 is 9.47 Å². The smallest absolute Gasteiger partial charge is 0.310 e. The maximum Gasteiger partial charge on any atom is 0.310 e. The van der Waals surface area contributed by atoms with Crippen molar-refractivity contribution in [1.82, 2.24) is 0 Å². The summed E-state index contributed by atoms with van der Waals surface area (Å²) < 4.78 is 11.3. The molecule has 2 fully saturated rings. The van der Waals surface area contributed by atoms with E-state index in [2.05, 4.69) is 19.1 Å². The average molecular weight is 385 g/mol. The average Bonchev–Trinajstić information content (AvgIpc) is 3.03. The van der Waals surface area contributed by atoms with Crippen LogP contribution in [0.3, 0.4) is 0 Å². The lowest BCUT2D eigenvalue weighted by atomic mass is 9.55. The highest BCUT2D eigenvalue weighted by Gasteiger charge is 2.56. The Balaban J connectivity index is 1.54. The summed E-state index contributed by atoms with van der Waals surface area (Å²) in [7, 11) is 0. The van der Waals surface area contributed by atoms with E-state index in [1.165, 1.54) is 24.0 Å². The maximum atomic E-state index is 11.9. The Kier molecular flexibility index (Phi) is 5.24. The molecule has 0 amide bonds. The van der Waals surface area contributed by atoms with Crippen molar-refractivity contribution >= 4 is 11.9 Å². The summed E-state index contributed by atoms with van der Waals surface area (Å²) in [6.45, 7) is 6.05. The molecular weight excluding hydrogens is 352 g/mol. The molecule has 152 valence electrons. The fraction of sp³-hybridized carbons (Fsp3) is 0.667. The van der Waals surface area contributed by atoms with E-state index in [1.54, 1.807) is 0 Å². The van der Waals surface area contributed by atoms with E-state index in [9.17, 15) is 9.59 Å². The predicted octanol–water partition coefficient (Wildman–Crippen LogP) is 5.18. The Morgan fingerprint density at radius 3 is 2.61 bits per heavy atom. The van der Waals surface area contributed by atoms with Crippen LogP contribution in [-0.2, 0) is 20.7 Å². The third-order valence-electron chi connectivity index (χ3n) is 7.69. The van der Waals surface area contributed by atoms with Gasteiger partial charge >= 0.3 is 11.9 Å². The van der Waals surface area contributed by atoms with Gasteiger partial charge in [0.25, 0.3) is 0 Å². The lowest BCUT2D eigenvalue weighted by molar-refractivity contribution is -0.157. The molecule has 4 heteroatoms. The normalized spacial score (nSPS) is 33.4. The number of aryl methyl sites for hydroxylation is 1. The van der Waals surface area contributed by atoms with E-state index in [1.807, 2.05) is 19.9 Å². The van der Waals surface area contributed by atoms with Gasteiger partial charge in [0, 0.05) is 18.3 Å². The second kappa shape index (κ2) is 7.53. The van der Waals surface area contributed by atoms with Crippen molar-refractivity contribution in [1.29, 1.82) is 0 Å². The van der Waals surface area contributed by atoms with E-state index in [-0.39, 0.29) is 23.5 Å². The molecule has 4 rings (SSSR count). The fourth-order valence-electron chi connectivity index (χ4n) is 6.21. The highest BCUT2D eigenvalue weighted by Crippen LogP contribution is 2.61. The van der Waals surface area contributed by atoms with Crippen LogP contribution in [0.1, 0.15) is 82.8 Å². The molecule has 0 aliphatic heterocycles. The Hall–Kier alpha value is -1.84. The van der Waals surface area contributed by atoms with Gasteiger partial charge in [-0.05, 0) is 79.5 Å². The number of esters is 2. The highest BCUT2D eigenvalue weighted by molar-refractivity contribution is 5.72. The lowest BCUT2D eigenvalue weighted by Gasteiger charge is -2.50. The van der Waals surface area contributed by atoms with Crippen LogP contribution in [0.15, 0.2) is 18.2 Å². The summed E-state index contributed by atoms with van der Waals surface area (Å²) in [4.78, 5) is 23.5. The number of fused-ring (bicyclic) bond motifs is 5. The molecule has 3 aliphatic rings. The van der Waals surface area contributed by atoms with Crippen LogP contribution in [0.4, 0.5) is 0 Å². The van der Waals surface area contributed by atoms with E-state index in [4.69, 9.17) is 9.47 Å². The van der Waals surface area contributed by atoms with Crippen molar-refractivity contribution in [3.63, 3.8) is 0 Å².